The minimum Gasteiger partial charge on any atom is -0.413 e. The van der Waals surface area contributed by atoms with Gasteiger partial charge in [-0.2, -0.15) is 0 Å². The number of hydrogen-bond acceptors (Lipinski definition) is 12. The Balaban J connectivity index is 1.17. The molecule has 0 amide bonds. The quantitative estimate of drug-likeness (QED) is 0.0922. The molecule has 0 spiro atoms. The molecule has 12 nitrogen and oxygen atoms in total. The van der Waals surface area contributed by atoms with Gasteiger partial charge < -0.3 is 27.1 Å². The number of aromatic nitrogens is 3. The van der Waals surface area contributed by atoms with E-state index >= 15 is 0 Å². The second-order valence-corrected chi connectivity index (χ2v) is 20.6. The molecule has 1 aliphatic rings. The van der Waals surface area contributed by atoms with E-state index in [1.54, 1.807) is 73.1 Å². The Morgan fingerprint density at radius 1 is 0.258 bits per heavy atom. The average molecular weight is 925 g/mol. The lowest BCUT2D eigenvalue weighted by Crippen LogP contribution is -2.11. The van der Waals surface area contributed by atoms with Gasteiger partial charge in [-0.15, -0.1) is 0 Å². The molecule has 15 heteroatoms. The first-order valence-corrected chi connectivity index (χ1v) is 25.4. The summed E-state index contributed by atoms with van der Waals surface area (Å²) in [5.41, 5.74) is 4.64. The summed E-state index contributed by atoms with van der Waals surface area (Å²) in [5, 5.41) is 0. The van der Waals surface area contributed by atoms with Gasteiger partial charge >= 0.3 is 23.0 Å². The van der Waals surface area contributed by atoms with E-state index in [9.17, 15) is 0 Å². The lowest BCUT2D eigenvalue weighted by Gasteiger charge is -2.33. The van der Waals surface area contributed by atoms with E-state index in [2.05, 4.69) is 9.97 Å². The zero-order chi connectivity index (χ0) is 44.5. The summed E-state index contributed by atoms with van der Waals surface area (Å²) < 4.78 is 57.5. The molecule has 0 radical (unpaired) electrons. The van der Waals surface area contributed by atoms with Gasteiger partial charge in [-0.1, -0.05) is 129 Å². The Labute approximate surface area is 382 Å². The van der Waals surface area contributed by atoms with Crippen LogP contribution in [-0.4, -0.2) is 15.0 Å². The number of hydrogen-bond donors (Lipinski definition) is 0. The first-order valence-electron chi connectivity index (χ1n) is 20.8. The van der Waals surface area contributed by atoms with Crippen LogP contribution in [0.4, 0.5) is 0 Å². The lowest BCUT2D eigenvalue weighted by molar-refractivity contribution is 0.443. The number of para-hydroxylation sites is 5. The summed E-state index contributed by atoms with van der Waals surface area (Å²) >= 11 is 0. The molecular formula is C51H39N6O6P3. The van der Waals surface area contributed by atoms with Crippen LogP contribution in [0, 0.1) is 0 Å². The van der Waals surface area contributed by atoms with Crippen LogP contribution in [0.15, 0.2) is 250 Å². The fourth-order valence-corrected chi connectivity index (χ4v) is 15.8. The summed E-state index contributed by atoms with van der Waals surface area (Å²) in [6.45, 7) is 0. The second kappa shape index (κ2) is 19.2. The predicted octanol–water partition coefficient (Wildman–Crippen LogP) is 15.5. The topological polar surface area (TPSA) is 131 Å². The van der Waals surface area contributed by atoms with Crippen LogP contribution < -0.4 is 27.1 Å². The Morgan fingerprint density at radius 2 is 0.545 bits per heavy atom. The average Bonchev–Trinajstić information content (AvgIpc) is 3.36. The van der Waals surface area contributed by atoms with Crippen molar-refractivity contribution in [2.45, 2.75) is 0 Å². The zero-order valence-electron chi connectivity index (χ0n) is 35.0. The lowest BCUT2D eigenvalue weighted by atomic mass is 10.0. The molecule has 4 heterocycles. The van der Waals surface area contributed by atoms with Gasteiger partial charge in [-0.3, -0.25) is 9.97 Å². The zero-order valence-corrected chi connectivity index (χ0v) is 37.7. The third kappa shape index (κ3) is 10.1. The molecule has 0 N–H and O–H groups in total. The van der Waals surface area contributed by atoms with Crippen molar-refractivity contribution in [2.24, 2.45) is 13.5 Å². The van der Waals surface area contributed by atoms with Gasteiger partial charge in [0.25, 0.3) is 0 Å². The molecule has 66 heavy (non-hydrogen) atoms. The Kier molecular flexibility index (Phi) is 12.3. The smallest absolute Gasteiger partial charge is 0.413 e. The predicted molar refractivity (Wildman–Crippen MR) is 260 cm³/mol. The van der Waals surface area contributed by atoms with Crippen LogP contribution in [0.25, 0.3) is 33.9 Å². The molecule has 0 fully saturated rings. The molecular weight excluding hydrogens is 886 g/mol. The van der Waals surface area contributed by atoms with E-state index in [-0.39, 0.29) is 0 Å². The highest BCUT2D eigenvalue weighted by atomic mass is 31.3. The fourth-order valence-electron chi connectivity index (χ4n) is 6.68. The highest BCUT2D eigenvalue weighted by Crippen LogP contribution is 2.78. The standard InChI is InChI=1S/C51H39N6O6P3/c1-6-20-42(21-7-1)58-64(59-43-22-8-2-9-23-43)55-65(60-44-24-10-3-11-25-44,61-45-26-12-4-13-27-45)57-66(56-64,62-46-28-14-5-15-29-46)63-47-34-32-40(33-35-47)41-38-50(48-30-16-18-36-52-48)54-51(39-41)49-31-17-19-37-53-49/h1-39H. The first kappa shape index (κ1) is 42.2. The minimum atomic E-state index is -4.08. The summed E-state index contributed by atoms with van der Waals surface area (Å²) in [4.78, 5) is 14.1. The summed E-state index contributed by atoms with van der Waals surface area (Å²) in [6, 6.07) is 69.2. The molecule has 1 atom stereocenters. The van der Waals surface area contributed by atoms with Crippen LogP contribution in [-0.2, 0) is 0 Å². The third-order valence-corrected chi connectivity index (χ3v) is 17.7. The van der Waals surface area contributed by atoms with Gasteiger partial charge in [0.2, 0.25) is 0 Å². The Hall–Kier alpha value is -7.74. The van der Waals surface area contributed by atoms with E-state index in [1.807, 2.05) is 164 Å². The molecule has 0 aliphatic carbocycles. The molecule has 0 saturated carbocycles. The normalized spacial score (nSPS) is 15.6. The fraction of sp³-hybridized carbons (Fsp3) is 0. The molecule has 324 valence electrons. The monoisotopic (exact) mass is 924 g/mol. The van der Waals surface area contributed by atoms with Gasteiger partial charge in [-0.25, -0.2) is 4.98 Å². The first-order chi connectivity index (χ1) is 32.5. The van der Waals surface area contributed by atoms with E-state index in [0.29, 0.717) is 45.9 Å². The van der Waals surface area contributed by atoms with E-state index < -0.39 is 23.0 Å². The SMILES string of the molecule is c1ccc(OP2(Oc3ccccc3)=NP(Oc3ccccc3)(Oc3ccccc3)=NP(Oc3ccccc3)(Oc3ccc(-c4cc(-c5ccccn5)nc(-c5ccccn5)c4)cc3)=N2)cc1. The van der Waals surface area contributed by atoms with E-state index in [4.69, 9.17) is 45.7 Å². The van der Waals surface area contributed by atoms with Crippen molar-refractivity contribution in [3.63, 3.8) is 0 Å². The van der Waals surface area contributed by atoms with Gasteiger partial charge in [0.1, 0.15) is 34.5 Å². The van der Waals surface area contributed by atoms with Crippen LogP contribution in [0.1, 0.15) is 0 Å². The van der Waals surface area contributed by atoms with E-state index in [1.165, 1.54) is 0 Å². The van der Waals surface area contributed by atoms with E-state index in [0.717, 1.165) is 22.5 Å². The molecule has 0 saturated heterocycles. The summed E-state index contributed by atoms with van der Waals surface area (Å²) in [5.74, 6) is 2.54. The molecule has 0 bridgehead atoms. The Morgan fingerprint density at radius 3 is 0.833 bits per heavy atom. The second-order valence-electron chi connectivity index (χ2n) is 14.4. The van der Waals surface area contributed by atoms with Gasteiger partial charge in [0, 0.05) is 12.4 Å². The van der Waals surface area contributed by atoms with Gasteiger partial charge in [-0.05, 0) is 120 Å². The third-order valence-electron chi connectivity index (χ3n) is 9.61. The molecule has 1 unspecified atom stereocenters. The van der Waals surface area contributed by atoms with Crippen molar-refractivity contribution in [2.75, 3.05) is 0 Å². The van der Waals surface area contributed by atoms with Gasteiger partial charge in [0.15, 0.2) is 0 Å². The highest BCUT2D eigenvalue weighted by molar-refractivity contribution is 7.79. The molecule has 3 aromatic heterocycles. The minimum absolute atomic E-state index is 0.386. The van der Waals surface area contributed by atoms with Crippen molar-refractivity contribution in [3.8, 4) is 68.4 Å². The highest BCUT2D eigenvalue weighted by Gasteiger charge is 2.49. The maximum absolute atomic E-state index is 7.08. The van der Waals surface area contributed by atoms with Crippen LogP contribution >= 0.6 is 23.0 Å². The van der Waals surface area contributed by atoms with Crippen molar-refractivity contribution in [3.05, 3.63) is 237 Å². The largest absolute Gasteiger partial charge is 0.460 e. The van der Waals surface area contributed by atoms with Crippen molar-refractivity contribution < 1.29 is 27.1 Å². The molecule has 10 rings (SSSR count). The van der Waals surface area contributed by atoms with Crippen molar-refractivity contribution >= 4 is 23.0 Å². The Bertz CT molecular complexity index is 2980. The molecule has 9 aromatic rings. The summed E-state index contributed by atoms with van der Waals surface area (Å²) in [6.07, 6.45) is 3.50. The molecule has 1 aliphatic heterocycles. The number of rotatable bonds is 15. The van der Waals surface area contributed by atoms with Crippen molar-refractivity contribution in [1.29, 1.82) is 0 Å². The maximum Gasteiger partial charge on any atom is 0.460 e. The van der Waals surface area contributed by atoms with Crippen molar-refractivity contribution in [1.82, 2.24) is 15.0 Å². The number of benzene rings is 6. The van der Waals surface area contributed by atoms with Crippen LogP contribution in [0.2, 0.25) is 0 Å². The number of nitrogens with zero attached hydrogens (tertiary/aromatic N) is 6. The van der Waals surface area contributed by atoms with Crippen LogP contribution in [0.3, 0.4) is 0 Å². The number of pyridine rings is 3. The molecule has 6 aromatic carbocycles. The van der Waals surface area contributed by atoms with Crippen LogP contribution in [0.5, 0.6) is 34.5 Å². The summed E-state index contributed by atoms with van der Waals surface area (Å²) in [7, 11) is -12.1. The van der Waals surface area contributed by atoms with Gasteiger partial charge in [0.05, 0.1) is 22.8 Å². The maximum atomic E-state index is 7.08.